The third kappa shape index (κ3) is 3.08. The van der Waals surface area contributed by atoms with E-state index < -0.39 is 21.7 Å². The van der Waals surface area contributed by atoms with Crippen molar-refractivity contribution >= 4 is 26.5 Å². The Kier molecular flexibility index (Phi) is 3.65. The Morgan fingerprint density at radius 2 is 1.70 bits per heavy atom. The second-order valence-corrected chi connectivity index (χ2v) is 6.69. The van der Waals surface area contributed by atoms with Crippen LogP contribution in [0.4, 0.5) is 18.9 Å². The fourth-order valence-electron chi connectivity index (χ4n) is 2.17. The molecule has 3 N–H and O–H groups in total. The lowest BCUT2D eigenvalue weighted by Gasteiger charge is -2.08. The lowest BCUT2D eigenvalue weighted by molar-refractivity contribution is -0.137. The number of para-hydroxylation sites is 1. The summed E-state index contributed by atoms with van der Waals surface area (Å²) in [4.78, 5) is 3.01. The third-order valence-electron chi connectivity index (χ3n) is 3.32. The molecular weight excluding hydrogens is 327 g/mol. The van der Waals surface area contributed by atoms with Crippen LogP contribution in [0.1, 0.15) is 5.56 Å². The summed E-state index contributed by atoms with van der Waals surface area (Å²) in [5.74, 6) is 0. The van der Waals surface area contributed by atoms with Gasteiger partial charge in [-0.1, -0.05) is 18.2 Å². The summed E-state index contributed by atoms with van der Waals surface area (Å²) in [5.41, 5.74) is 0.366. The van der Waals surface area contributed by atoms with Gasteiger partial charge in [0.2, 0.25) is 0 Å². The highest BCUT2D eigenvalue weighted by molar-refractivity contribution is 7.91. The second-order valence-electron chi connectivity index (χ2n) is 4.90. The standard InChI is InChI=1S/C15H12F3N3OS/c16-15(17,18)10-5-7-11(8-6-10)23(19,22)21-14-9-20-13-4-2-1-3-12(13)14/h1-9,20H,(H2,19,21,22). The first kappa shape index (κ1) is 15.6. The third-order valence-corrected chi connectivity index (χ3v) is 4.74. The van der Waals surface area contributed by atoms with Gasteiger partial charge in [-0.2, -0.15) is 17.5 Å². The first-order valence-electron chi connectivity index (χ1n) is 6.56. The molecule has 0 aliphatic heterocycles. The molecule has 1 unspecified atom stereocenters. The number of alkyl halides is 3. The molecule has 3 aromatic rings. The molecule has 0 saturated carbocycles. The van der Waals surface area contributed by atoms with Crippen LogP contribution in [-0.4, -0.2) is 9.19 Å². The largest absolute Gasteiger partial charge is 0.416 e. The van der Waals surface area contributed by atoms with Crippen LogP contribution in [0, 0.1) is 0 Å². The molecule has 0 spiro atoms. The van der Waals surface area contributed by atoms with E-state index in [1.165, 1.54) is 0 Å². The van der Waals surface area contributed by atoms with Crippen molar-refractivity contribution in [3.63, 3.8) is 0 Å². The molecule has 3 rings (SSSR count). The maximum atomic E-state index is 12.6. The number of fused-ring (bicyclic) bond motifs is 1. The van der Waals surface area contributed by atoms with Crippen LogP contribution >= 0.6 is 0 Å². The van der Waals surface area contributed by atoms with Gasteiger partial charge in [0.05, 0.1) is 16.1 Å². The Morgan fingerprint density at radius 1 is 1.04 bits per heavy atom. The summed E-state index contributed by atoms with van der Waals surface area (Å²) in [5, 5.41) is 6.48. The van der Waals surface area contributed by atoms with Gasteiger partial charge in [0.1, 0.15) is 9.92 Å². The van der Waals surface area contributed by atoms with Gasteiger partial charge < -0.3 is 4.98 Å². The highest BCUT2D eigenvalue weighted by atomic mass is 32.2. The molecule has 0 saturated heterocycles. The number of hydrogen-bond donors (Lipinski definition) is 2. The predicted molar refractivity (Wildman–Crippen MR) is 82.4 cm³/mol. The Bertz CT molecular complexity index is 968. The second kappa shape index (κ2) is 5.39. The molecule has 0 amide bonds. The van der Waals surface area contributed by atoms with Crippen LogP contribution in [-0.2, 0) is 16.1 Å². The smallest absolute Gasteiger partial charge is 0.359 e. The fraction of sp³-hybridized carbons (Fsp3) is 0.0667. The number of rotatable bonds is 2. The highest BCUT2D eigenvalue weighted by Gasteiger charge is 2.30. The minimum atomic E-state index is -4.46. The molecule has 1 aromatic heterocycles. The Morgan fingerprint density at radius 3 is 2.35 bits per heavy atom. The quantitative estimate of drug-likeness (QED) is 0.721. The molecule has 120 valence electrons. The number of hydrogen-bond acceptors (Lipinski definition) is 2. The van der Waals surface area contributed by atoms with Crippen LogP contribution < -0.4 is 5.14 Å². The first-order valence-corrected chi connectivity index (χ1v) is 8.13. The summed E-state index contributed by atoms with van der Waals surface area (Å²) in [6, 6.07) is 11.1. The Balaban J connectivity index is 2.05. The average molecular weight is 339 g/mol. The number of nitrogens with zero attached hydrogens (tertiary/aromatic N) is 1. The molecule has 0 bridgehead atoms. The first-order chi connectivity index (χ1) is 10.8. The van der Waals surface area contributed by atoms with Gasteiger partial charge in [-0.15, -0.1) is 0 Å². The van der Waals surface area contributed by atoms with E-state index in [-0.39, 0.29) is 4.90 Å². The van der Waals surface area contributed by atoms with Gasteiger partial charge in [0.15, 0.2) is 0 Å². The maximum Gasteiger partial charge on any atom is 0.416 e. The predicted octanol–water partition coefficient (Wildman–Crippen LogP) is 4.22. The average Bonchev–Trinajstić information content (AvgIpc) is 2.89. The van der Waals surface area contributed by atoms with Crippen LogP contribution in [0.5, 0.6) is 0 Å². The number of nitrogens with one attached hydrogen (secondary N) is 1. The minimum Gasteiger partial charge on any atom is -0.359 e. The van der Waals surface area contributed by atoms with Gasteiger partial charge >= 0.3 is 6.18 Å². The molecule has 0 aliphatic carbocycles. The van der Waals surface area contributed by atoms with E-state index in [1.54, 1.807) is 18.3 Å². The van der Waals surface area contributed by atoms with E-state index in [4.69, 9.17) is 5.14 Å². The zero-order valence-corrected chi connectivity index (χ0v) is 12.5. The van der Waals surface area contributed by atoms with E-state index >= 15 is 0 Å². The maximum absolute atomic E-state index is 12.6. The van der Waals surface area contributed by atoms with Crippen molar-refractivity contribution in [2.45, 2.75) is 11.1 Å². The van der Waals surface area contributed by atoms with E-state index in [1.807, 2.05) is 12.1 Å². The minimum absolute atomic E-state index is 0.0378. The van der Waals surface area contributed by atoms with Gasteiger partial charge in [-0.25, -0.2) is 9.35 Å². The fourth-order valence-corrected chi connectivity index (χ4v) is 3.24. The van der Waals surface area contributed by atoms with Crippen LogP contribution in [0.2, 0.25) is 0 Å². The zero-order valence-electron chi connectivity index (χ0n) is 11.7. The molecule has 0 aliphatic rings. The summed E-state index contributed by atoms with van der Waals surface area (Å²) >= 11 is 0. The lowest BCUT2D eigenvalue weighted by atomic mass is 10.2. The normalized spacial score (nSPS) is 14.6. The van der Waals surface area contributed by atoms with E-state index in [9.17, 15) is 17.4 Å². The number of nitrogens with two attached hydrogens (primary N) is 1. The molecule has 1 atom stereocenters. The van der Waals surface area contributed by atoms with Crippen LogP contribution in [0.3, 0.4) is 0 Å². The highest BCUT2D eigenvalue weighted by Crippen LogP contribution is 2.31. The van der Waals surface area contributed by atoms with Crippen LogP contribution in [0.25, 0.3) is 10.9 Å². The molecule has 1 heterocycles. The Hall–Kier alpha value is -2.32. The summed E-state index contributed by atoms with van der Waals surface area (Å²) in [7, 11) is -3.35. The molecule has 8 heteroatoms. The number of H-pyrrole nitrogens is 1. The van der Waals surface area contributed by atoms with Crippen molar-refractivity contribution in [2.24, 2.45) is 9.50 Å². The lowest BCUT2D eigenvalue weighted by Crippen LogP contribution is -2.13. The zero-order chi connectivity index (χ0) is 16.7. The van der Waals surface area contributed by atoms with E-state index in [0.29, 0.717) is 5.69 Å². The van der Waals surface area contributed by atoms with Crippen molar-refractivity contribution in [1.29, 1.82) is 0 Å². The molecule has 0 radical (unpaired) electrons. The monoisotopic (exact) mass is 339 g/mol. The topological polar surface area (TPSA) is 71.2 Å². The van der Waals surface area contributed by atoms with E-state index in [2.05, 4.69) is 9.35 Å². The van der Waals surface area contributed by atoms with E-state index in [0.717, 1.165) is 35.2 Å². The molecule has 23 heavy (non-hydrogen) atoms. The number of halogens is 3. The summed E-state index contributed by atoms with van der Waals surface area (Å²) in [6.07, 6.45) is -2.90. The molecule has 0 fully saturated rings. The number of aromatic amines is 1. The SMILES string of the molecule is NS(=O)(=Nc1c[nH]c2ccccc12)c1ccc(C(F)(F)F)cc1. The molecule has 4 nitrogen and oxygen atoms in total. The van der Waals surface area contributed by atoms with Crippen molar-refractivity contribution in [3.8, 4) is 0 Å². The van der Waals surface area contributed by atoms with Gasteiger partial charge in [-0.05, 0) is 30.3 Å². The summed E-state index contributed by atoms with van der Waals surface area (Å²) in [6.45, 7) is 0. The van der Waals surface area contributed by atoms with Gasteiger partial charge in [-0.3, -0.25) is 0 Å². The Labute approximate surface area is 130 Å². The molecular formula is C15H12F3N3OS. The van der Waals surface area contributed by atoms with Crippen molar-refractivity contribution < 1.29 is 17.4 Å². The van der Waals surface area contributed by atoms with Gasteiger partial charge in [0.25, 0.3) is 0 Å². The summed E-state index contributed by atoms with van der Waals surface area (Å²) < 4.78 is 54.3. The molecule has 2 aromatic carbocycles. The van der Waals surface area contributed by atoms with Crippen LogP contribution in [0.15, 0.2) is 64.0 Å². The number of aromatic nitrogens is 1. The number of benzene rings is 2. The van der Waals surface area contributed by atoms with Crippen molar-refractivity contribution in [1.82, 2.24) is 4.98 Å². The van der Waals surface area contributed by atoms with Crippen molar-refractivity contribution in [2.75, 3.05) is 0 Å². The van der Waals surface area contributed by atoms with Crippen molar-refractivity contribution in [3.05, 3.63) is 60.3 Å². The van der Waals surface area contributed by atoms with Gasteiger partial charge in [0, 0.05) is 17.1 Å².